The van der Waals surface area contributed by atoms with E-state index in [1.807, 2.05) is 13.2 Å². The van der Waals surface area contributed by atoms with Crippen molar-refractivity contribution in [3.8, 4) is 12.3 Å². The molecule has 0 aromatic carbocycles. The molecule has 1 rings (SSSR count). The Labute approximate surface area is 105 Å². The van der Waals surface area contributed by atoms with Crippen molar-refractivity contribution in [2.24, 2.45) is 5.92 Å². The fraction of sp³-hybridized carbons (Fsp3) is 0.600. The molecule has 17 heavy (non-hydrogen) atoms. The average molecular weight is 233 g/mol. The van der Waals surface area contributed by atoms with Gasteiger partial charge in [-0.3, -0.25) is 0 Å². The fourth-order valence-electron chi connectivity index (χ4n) is 2.45. The average Bonchev–Trinajstić information content (AvgIpc) is 2.31. The molecule has 2 atom stereocenters. The molecule has 94 valence electrons. The van der Waals surface area contributed by atoms with Gasteiger partial charge in [-0.1, -0.05) is 22.6 Å². The minimum Gasteiger partial charge on any atom is -0.363 e. The highest BCUT2D eigenvalue weighted by Crippen LogP contribution is 2.34. The van der Waals surface area contributed by atoms with Gasteiger partial charge in [0, 0.05) is 19.2 Å². The van der Waals surface area contributed by atoms with Crippen molar-refractivity contribution >= 4 is 0 Å². The SMILES string of the molecule is C#CC(O)N(C)/C=C(\C)C1CCCC(C)=C1C. The van der Waals surface area contributed by atoms with Crippen LogP contribution in [-0.2, 0) is 0 Å². The molecular weight excluding hydrogens is 210 g/mol. The number of rotatable bonds is 3. The predicted molar refractivity (Wildman–Crippen MR) is 72.1 cm³/mol. The maximum absolute atomic E-state index is 9.52. The Balaban J connectivity index is 2.83. The van der Waals surface area contributed by atoms with E-state index >= 15 is 0 Å². The van der Waals surface area contributed by atoms with Crippen LogP contribution in [0, 0.1) is 18.3 Å². The number of hydrogen-bond acceptors (Lipinski definition) is 2. The highest BCUT2D eigenvalue weighted by atomic mass is 16.3. The zero-order valence-corrected chi connectivity index (χ0v) is 11.3. The zero-order chi connectivity index (χ0) is 13.0. The summed E-state index contributed by atoms with van der Waals surface area (Å²) in [6.45, 7) is 6.55. The molecule has 0 heterocycles. The van der Waals surface area contributed by atoms with Gasteiger partial charge in [-0.05, 0) is 40.0 Å². The molecule has 1 aliphatic rings. The molecule has 0 aliphatic heterocycles. The molecule has 0 fully saturated rings. The molecule has 1 aliphatic carbocycles. The van der Waals surface area contributed by atoms with Crippen LogP contribution in [0.4, 0.5) is 0 Å². The fourth-order valence-corrected chi connectivity index (χ4v) is 2.45. The van der Waals surface area contributed by atoms with E-state index in [1.54, 1.807) is 4.90 Å². The molecule has 2 unspecified atom stereocenters. The van der Waals surface area contributed by atoms with E-state index in [4.69, 9.17) is 6.42 Å². The van der Waals surface area contributed by atoms with Crippen LogP contribution in [0.25, 0.3) is 0 Å². The van der Waals surface area contributed by atoms with Crippen molar-refractivity contribution in [1.29, 1.82) is 0 Å². The highest BCUT2D eigenvalue weighted by Gasteiger charge is 2.19. The van der Waals surface area contributed by atoms with Crippen LogP contribution in [0.3, 0.4) is 0 Å². The lowest BCUT2D eigenvalue weighted by atomic mass is 9.80. The van der Waals surface area contributed by atoms with Crippen LogP contribution in [0.2, 0.25) is 0 Å². The molecule has 0 bridgehead atoms. The summed E-state index contributed by atoms with van der Waals surface area (Å²) in [7, 11) is 1.81. The van der Waals surface area contributed by atoms with Crippen molar-refractivity contribution in [2.75, 3.05) is 7.05 Å². The monoisotopic (exact) mass is 233 g/mol. The third-order valence-corrected chi connectivity index (χ3v) is 3.73. The lowest BCUT2D eigenvalue weighted by Crippen LogP contribution is -2.26. The Kier molecular flexibility index (Phi) is 4.84. The van der Waals surface area contributed by atoms with Gasteiger partial charge in [0.05, 0.1) is 0 Å². The van der Waals surface area contributed by atoms with Crippen molar-refractivity contribution in [2.45, 2.75) is 46.3 Å². The van der Waals surface area contributed by atoms with Crippen LogP contribution in [0.5, 0.6) is 0 Å². The molecular formula is C15H23NO. The van der Waals surface area contributed by atoms with E-state index in [0.717, 1.165) is 0 Å². The second-order valence-corrected chi connectivity index (χ2v) is 4.99. The van der Waals surface area contributed by atoms with Crippen molar-refractivity contribution in [3.05, 3.63) is 22.9 Å². The van der Waals surface area contributed by atoms with E-state index in [2.05, 4.69) is 26.7 Å². The van der Waals surface area contributed by atoms with Gasteiger partial charge >= 0.3 is 0 Å². The first-order chi connectivity index (χ1) is 7.97. The first-order valence-corrected chi connectivity index (χ1v) is 6.18. The highest BCUT2D eigenvalue weighted by molar-refractivity contribution is 5.25. The Bertz CT molecular complexity index is 373. The molecule has 0 radical (unpaired) electrons. The summed E-state index contributed by atoms with van der Waals surface area (Å²) >= 11 is 0. The van der Waals surface area contributed by atoms with Crippen molar-refractivity contribution in [3.63, 3.8) is 0 Å². The van der Waals surface area contributed by atoms with E-state index in [9.17, 15) is 5.11 Å². The molecule has 1 N–H and O–H groups in total. The van der Waals surface area contributed by atoms with Crippen LogP contribution in [0.15, 0.2) is 22.9 Å². The Hall–Kier alpha value is -1.20. The number of aliphatic hydroxyl groups excluding tert-OH is 1. The first kappa shape index (κ1) is 13.9. The summed E-state index contributed by atoms with van der Waals surface area (Å²) in [4.78, 5) is 1.69. The summed E-state index contributed by atoms with van der Waals surface area (Å²) in [5.74, 6) is 2.83. The van der Waals surface area contributed by atoms with E-state index in [0.29, 0.717) is 5.92 Å². The summed E-state index contributed by atoms with van der Waals surface area (Å²) in [5.41, 5.74) is 4.26. The van der Waals surface area contributed by atoms with Crippen LogP contribution >= 0.6 is 0 Å². The molecule has 0 amide bonds. The minimum absolute atomic E-state index is 0.510. The molecule has 0 aromatic rings. The summed E-state index contributed by atoms with van der Waals surface area (Å²) < 4.78 is 0. The van der Waals surface area contributed by atoms with Gasteiger partial charge in [0.1, 0.15) is 0 Å². The number of hydrogen-bond donors (Lipinski definition) is 1. The smallest absolute Gasteiger partial charge is 0.190 e. The van der Waals surface area contributed by atoms with E-state index in [1.165, 1.54) is 36.0 Å². The molecule has 0 spiro atoms. The summed E-state index contributed by atoms with van der Waals surface area (Å²) in [6, 6.07) is 0. The minimum atomic E-state index is -0.834. The summed E-state index contributed by atoms with van der Waals surface area (Å²) in [6.07, 6.45) is 10.0. The van der Waals surface area contributed by atoms with Gasteiger partial charge < -0.3 is 10.0 Å². The topological polar surface area (TPSA) is 23.5 Å². The first-order valence-electron chi connectivity index (χ1n) is 6.18. The number of aliphatic hydroxyl groups is 1. The number of terminal acetylenes is 1. The lowest BCUT2D eigenvalue weighted by Gasteiger charge is -2.28. The third-order valence-electron chi connectivity index (χ3n) is 3.73. The largest absolute Gasteiger partial charge is 0.363 e. The Morgan fingerprint density at radius 3 is 2.82 bits per heavy atom. The van der Waals surface area contributed by atoms with Gasteiger partial charge in [0.15, 0.2) is 6.23 Å². The van der Waals surface area contributed by atoms with Gasteiger partial charge in [-0.25, -0.2) is 0 Å². The molecule has 0 saturated heterocycles. The van der Waals surface area contributed by atoms with E-state index < -0.39 is 6.23 Å². The predicted octanol–water partition coefficient (Wildman–Crippen LogP) is 2.91. The quantitative estimate of drug-likeness (QED) is 0.460. The Morgan fingerprint density at radius 1 is 1.59 bits per heavy atom. The molecule has 0 saturated carbocycles. The van der Waals surface area contributed by atoms with Gasteiger partial charge in [0.25, 0.3) is 0 Å². The molecule has 2 heteroatoms. The van der Waals surface area contributed by atoms with Crippen molar-refractivity contribution < 1.29 is 5.11 Å². The van der Waals surface area contributed by atoms with Gasteiger partial charge in [-0.2, -0.15) is 0 Å². The summed E-state index contributed by atoms with van der Waals surface area (Å²) in [5, 5.41) is 9.52. The number of nitrogens with zero attached hydrogens (tertiary/aromatic N) is 1. The lowest BCUT2D eigenvalue weighted by molar-refractivity contribution is 0.107. The van der Waals surface area contributed by atoms with Crippen molar-refractivity contribution in [1.82, 2.24) is 4.90 Å². The van der Waals surface area contributed by atoms with Gasteiger partial charge in [-0.15, -0.1) is 6.42 Å². The Morgan fingerprint density at radius 2 is 2.24 bits per heavy atom. The maximum Gasteiger partial charge on any atom is 0.190 e. The number of allylic oxidation sites excluding steroid dienone is 3. The van der Waals surface area contributed by atoms with Crippen LogP contribution in [0.1, 0.15) is 40.0 Å². The second-order valence-electron chi connectivity index (χ2n) is 4.99. The molecule has 0 aromatic heterocycles. The third kappa shape index (κ3) is 3.38. The second kappa shape index (κ2) is 5.93. The zero-order valence-electron chi connectivity index (χ0n) is 11.3. The van der Waals surface area contributed by atoms with Crippen LogP contribution in [-0.4, -0.2) is 23.3 Å². The maximum atomic E-state index is 9.52. The standard InChI is InChI=1S/C15H23NO/c1-6-15(17)16(5)10-12(3)14-9-7-8-11(2)13(14)4/h1,10,14-15,17H,7-9H2,2-5H3/b12-10+. The molecule has 2 nitrogen and oxygen atoms in total. The van der Waals surface area contributed by atoms with Crippen LogP contribution < -0.4 is 0 Å². The normalized spacial score (nSPS) is 23.3. The van der Waals surface area contributed by atoms with Gasteiger partial charge in [0.2, 0.25) is 0 Å². The van der Waals surface area contributed by atoms with E-state index in [-0.39, 0.29) is 0 Å².